The van der Waals surface area contributed by atoms with Gasteiger partial charge in [0, 0.05) is 24.5 Å². The van der Waals surface area contributed by atoms with E-state index >= 15 is 0 Å². The predicted molar refractivity (Wildman–Crippen MR) is 110 cm³/mol. The molecule has 2 fully saturated rings. The summed E-state index contributed by atoms with van der Waals surface area (Å²) in [5.74, 6) is -0.116. The van der Waals surface area contributed by atoms with E-state index < -0.39 is 14.9 Å². The molecule has 0 bridgehead atoms. The SMILES string of the molecule is O=[N+]([O-])/C=C(/NC1CCCCC1)NS(=O)(=O)c1cnccc1NC1CCCCC1. The minimum atomic E-state index is -4.05. The normalized spacial score (nSPS) is 19.5. The Morgan fingerprint density at radius 3 is 2.31 bits per heavy atom. The molecule has 160 valence electrons. The summed E-state index contributed by atoms with van der Waals surface area (Å²) in [5.41, 5.74) is 0.470. The molecule has 0 saturated heterocycles. The second-order valence-corrected chi connectivity index (χ2v) is 9.41. The number of pyridine rings is 1. The molecular weight excluding hydrogens is 394 g/mol. The van der Waals surface area contributed by atoms with Gasteiger partial charge in [-0.05, 0) is 31.7 Å². The Bertz CT molecular complexity index is 831. The molecule has 3 N–H and O–H groups in total. The van der Waals surface area contributed by atoms with Crippen molar-refractivity contribution in [3.63, 3.8) is 0 Å². The third-order valence-electron chi connectivity index (χ3n) is 5.48. The van der Waals surface area contributed by atoms with Crippen LogP contribution in [0, 0.1) is 10.1 Å². The highest BCUT2D eigenvalue weighted by molar-refractivity contribution is 7.89. The van der Waals surface area contributed by atoms with Crippen LogP contribution in [0.15, 0.2) is 35.4 Å². The van der Waals surface area contributed by atoms with Crippen molar-refractivity contribution in [2.24, 2.45) is 0 Å². The van der Waals surface area contributed by atoms with E-state index in [1.54, 1.807) is 6.07 Å². The standard InChI is InChI=1S/C19H29N5O4S/c25-24(26)14-19(22-16-9-5-2-6-10-16)23-29(27,28)18-13-20-12-11-17(18)21-15-7-3-1-4-8-15/h11-16,22-23H,1-10H2,(H,20,21)/b19-14-. The van der Waals surface area contributed by atoms with Gasteiger partial charge in [0.05, 0.1) is 10.6 Å². The number of hydrogen-bond acceptors (Lipinski definition) is 7. The molecule has 0 atom stereocenters. The van der Waals surface area contributed by atoms with Crippen LogP contribution in [-0.2, 0) is 10.0 Å². The Labute approximate surface area is 171 Å². The number of sulfonamides is 1. The van der Waals surface area contributed by atoms with Gasteiger partial charge in [-0.25, -0.2) is 8.42 Å². The fraction of sp³-hybridized carbons (Fsp3) is 0.632. The summed E-state index contributed by atoms with van der Waals surface area (Å²) in [5, 5.41) is 17.4. The van der Waals surface area contributed by atoms with Crippen LogP contribution >= 0.6 is 0 Å². The van der Waals surface area contributed by atoms with E-state index in [2.05, 4.69) is 20.3 Å². The maximum Gasteiger partial charge on any atom is 0.275 e. The largest absolute Gasteiger partial charge is 0.381 e. The molecule has 0 amide bonds. The van der Waals surface area contributed by atoms with Crippen LogP contribution in [0.1, 0.15) is 64.2 Å². The summed E-state index contributed by atoms with van der Waals surface area (Å²) >= 11 is 0. The van der Waals surface area contributed by atoms with Crippen molar-refractivity contribution in [3.05, 3.63) is 40.6 Å². The lowest BCUT2D eigenvalue weighted by Crippen LogP contribution is -2.39. The van der Waals surface area contributed by atoms with E-state index in [0.717, 1.165) is 57.8 Å². The zero-order valence-corrected chi connectivity index (χ0v) is 17.3. The van der Waals surface area contributed by atoms with Gasteiger partial charge in [0.15, 0.2) is 5.82 Å². The van der Waals surface area contributed by atoms with Gasteiger partial charge in [-0.3, -0.25) is 19.8 Å². The molecule has 2 saturated carbocycles. The van der Waals surface area contributed by atoms with Gasteiger partial charge in [-0.1, -0.05) is 38.5 Å². The maximum atomic E-state index is 13.0. The fourth-order valence-corrected chi connectivity index (χ4v) is 5.17. The van der Waals surface area contributed by atoms with Crippen LogP contribution in [-0.4, -0.2) is 30.4 Å². The molecule has 1 heterocycles. The Hall–Kier alpha value is -2.36. The van der Waals surface area contributed by atoms with Gasteiger partial charge in [-0.2, -0.15) is 0 Å². The van der Waals surface area contributed by atoms with Gasteiger partial charge in [0.25, 0.3) is 16.2 Å². The summed E-state index contributed by atoms with van der Waals surface area (Å²) in [6.07, 6.45) is 13.8. The first-order valence-corrected chi connectivity index (χ1v) is 11.8. The molecule has 2 aliphatic carbocycles. The second-order valence-electron chi connectivity index (χ2n) is 7.76. The second kappa shape index (κ2) is 9.91. The first-order valence-electron chi connectivity index (χ1n) is 10.3. The monoisotopic (exact) mass is 423 g/mol. The Kier molecular flexibility index (Phi) is 7.29. The van der Waals surface area contributed by atoms with E-state index in [-0.39, 0.29) is 22.8 Å². The fourth-order valence-electron chi connectivity index (χ4n) is 4.05. The average Bonchev–Trinajstić information content (AvgIpc) is 2.69. The minimum absolute atomic E-state index is 0.00901. The summed E-state index contributed by atoms with van der Waals surface area (Å²) in [4.78, 5) is 14.3. The van der Waals surface area contributed by atoms with Gasteiger partial charge < -0.3 is 10.6 Å². The highest BCUT2D eigenvalue weighted by atomic mass is 32.2. The zero-order chi connectivity index (χ0) is 20.7. The van der Waals surface area contributed by atoms with Crippen molar-refractivity contribution in [3.8, 4) is 0 Å². The molecule has 0 unspecified atom stereocenters. The molecule has 3 rings (SSSR count). The molecule has 29 heavy (non-hydrogen) atoms. The molecule has 0 spiro atoms. The lowest BCUT2D eigenvalue weighted by Gasteiger charge is -2.26. The third-order valence-corrected chi connectivity index (χ3v) is 6.88. The first kappa shape index (κ1) is 21.4. The smallest absolute Gasteiger partial charge is 0.275 e. The molecule has 10 heteroatoms. The molecule has 0 aromatic carbocycles. The minimum Gasteiger partial charge on any atom is -0.381 e. The lowest BCUT2D eigenvalue weighted by atomic mass is 9.95. The third kappa shape index (κ3) is 6.31. The van der Waals surface area contributed by atoms with Crippen molar-refractivity contribution in [2.45, 2.75) is 81.2 Å². The Balaban J connectivity index is 1.78. The van der Waals surface area contributed by atoms with Crippen molar-refractivity contribution in [1.82, 2.24) is 15.0 Å². The van der Waals surface area contributed by atoms with Crippen LogP contribution in [0.4, 0.5) is 5.69 Å². The molecule has 1 aromatic heterocycles. The van der Waals surface area contributed by atoms with E-state index in [9.17, 15) is 18.5 Å². The van der Waals surface area contributed by atoms with Crippen LogP contribution in [0.25, 0.3) is 0 Å². The number of nitro groups is 1. The van der Waals surface area contributed by atoms with E-state index in [1.807, 2.05) is 0 Å². The van der Waals surface area contributed by atoms with E-state index in [0.29, 0.717) is 11.9 Å². The zero-order valence-electron chi connectivity index (χ0n) is 16.5. The summed E-state index contributed by atoms with van der Waals surface area (Å²) in [6.45, 7) is 0. The average molecular weight is 424 g/mol. The number of hydrogen-bond donors (Lipinski definition) is 3. The maximum absolute atomic E-state index is 13.0. The number of aromatic nitrogens is 1. The Morgan fingerprint density at radius 2 is 1.69 bits per heavy atom. The topological polar surface area (TPSA) is 126 Å². The van der Waals surface area contributed by atoms with E-state index in [1.165, 1.54) is 18.8 Å². The number of anilines is 1. The molecule has 9 nitrogen and oxygen atoms in total. The van der Waals surface area contributed by atoms with Gasteiger partial charge in [0.2, 0.25) is 0 Å². The molecule has 2 aliphatic rings. The van der Waals surface area contributed by atoms with Gasteiger partial charge >= 0.3 is 0 Å². The molecule has 0 radical (unpaired) electrons. The van der Waals surface area contributed by atoms with Crippen LogP contribution in [0.3, 0.4) is 0 Å². The van der Waals surface area contributed by atoms with Crippen molar-refractivity contribution < 1.29 is 13.3 Å². The van der Waals surface area contributed by atoms with Gasteiger partial charge in [0.1, 0.15) is 4.90 Å². The number of nitrogens with zero attached hydrogens (tertiary/aromatic N) is 2. The Morgan fingerprint density at radius 1 is 1.07 bits per heavy atom. The molecule has 1 aromatic rings. The first-order chi connectivity index (χ1) is 13.9. The van der Waals surface area contributed by atoms with Crippen molar-refractivity contribution in [1.29, 1.82) is 0 Å². The predicted octanol–water partition coefficient (Wildman–Crippen LogP) is 3.10. The van der Waals surface area contributed by atoms with Gasteiger partial charge in [-0.15, -0.1) is 0 Å². The summed E-state index contributed by atoms with van der Waals surface area (Å²) < 4.78 is 28.4. The highest BCUT2D eigenvalue weighted by Gasteiger charge is 2.25. The number of rotatable bonds is 8. The van der Waals surface area contributed by atoms with Crippen LogP contribution in [0.2, 0.25) is 0 Å². The summed E-state index contributed by atoms with van der Waals surface area (Å²) in [7, 11) is -4.05. The van der Waals surface area contributed by atoms with Crippen LogP contribution < -0.4 is 15.4 Å². The van der Waals surface area contributed by atoms with Crippen LogP contribution in [0.5, 0.6) is 0 Å². The molecular formula is C19H29N5O4S. The van der Waals surface area contributed by atoms with Crippen molar-refractivity contribution >= 4 is 15.7 Å². The number of nitrogens with one attached hydrogen (secondary N) is 3. The van der Waals surface area contributed by atoms with E-state index in [4.69, 9.17) is 0 Å². The quantitative estimate of drug-likeness (QED) is 0.433. The summed E-state index contributed by atoms with van der Waals surface area (Å²) in [6, 6.07) is 1.87. The molecule has 0 aliphatic heterocycles. The highest BCUT2D eigenvalue weighted by Crippen LogP contribution is 2.26. The van der Waals surface area contributed by atoms with Crippen molar-refractivity contribution in [2.75, 3.05) is 5.32 Å². The lowest BCUT2D eigenvalue weighted by molar-refractivity contribution is -0.404.